The van der Waals surface area contributed by atoms with Gasteiger partial charge in [-0.2, -0.15) is 5.26 Å². The zero-order chi connectivity index (χ0) is 18.4. The maximum Gasteiger partial charge on any atom is 0.225 e. The van der Waals surface area contributed by atoms with Crippen molar-refractivity contribution in [2.24, 2.45) is 0 Å². The predicted octanol–water partition coefficient (Wildman–Crippen LogP) is 4.58. The molecular formula is C20H22ClN3O2. The Balaban J connectivity index is 1.56. The molecule has 0 radical (unpaired) electrons. The van der Waals surface area contributed by atoms with Crippen LogP contribution < -0.4 is 5.32 Å². The lowest BCUT2D eigenvalue weighted by atomic mass is 10.2. The van der Waals surface area contributed by atoms with E-state index in [2.05, 4.69) is 10.2 Å². The summed E-state index contributed by atoms with van der Waals surface area (Å²) in [5.74, 6) is 0.865. The largest absolute Gasteiger partial charge is 0.468 e. The number of rotatable bonds is 7. The first kappa shape index (κ1) is 18.5. The molecule has 0 spiro atoms. The van der Waals surface area contributed by atoms with Gasteiger partial charge in [0.25, 0.3) is 0 Å². The molecule has 0 aliphatic heterocycles. The Morgan fingerprint density at radius 1 is 1.35 bits per heavy atom. The molecule has 1 heterocycles. The van der Waals surface area contributed by atoms with Gasteiger partial charge in [0.05, 0.1) is 23.4 Å². The van der Waals surface area contributed by atoms with Crippen LogP contribution in [0.2, 0.25) is 5.02 Å². The van der Waals surface area contributed by atoms with Crippen molar-refractivity contribution in [3.8, 4) is 6.07 Å². The van der Waals surface area contributed by atoms with Crippen molar-refractivity contribution in [1.29, 1.82) is 5.26 Å². The molecule has 1 amide bonds. The first-order valence-corrected chi connectivity index (χ1v) is 9.29. The number of furan rings is 1. The third-order valence-electron chi connectivity index (χ3n) is 4.78. The lowest BCUT2D eigenvalue weighted by molar-refractivity contribution is -0.116. The number of carbonyl (C=O) groups excluding carboxylic acids is 1. The smallest absolute Gasteiger partial charge is 0.225 e. The van der Waals surface area contributed by atoms with E-state index >= 15 is 0 Å². The van der Waals surface area contributed by atoms with Crippen LogP contribution in [0, 0.1) is 11.3 Å². The summed E-state index contributed by atoms with van der Waals surface area (Å²) in [6, 6.07) is 11.3. The number of hydrogen-bond donors (Lipinski definition) is 1. The molecule has 1 aliphatic carbocycles. The van der Waals surface area contributed by atoms with Crippen molar-refractivity contribution < 1.29 is 9.21 Å². The Labute approximate surface area is 158 Å². The van der Waals surface area contributed by atoms with E-state index in [-0.39, 0.29) is 5.91 Å². The molecule has 1 N–H and O–H groups in total. The second kappa shape index (κ2) is 8.88. The van der Waals surface area contributed by atoms with Crippen molar-refractivity contribution >= 4 is 23.2 Å². The highest BCUT2D eigenvalue weighted by Crippen LogP contribution is 2.25. The van der Waals surface area contributed by atoms with E-state index in [9.17, 15) is 4.79 Å². The van der Waals surface area contributed by atoms with Gasteiger partial charge in [-0.1, -0.05) is 24.4 Å². The molecule has 3 rings (SSSR count). The Morgan fingerprint density at radius 3 is 2.81 bits per heavy atom. The van der Waals surface area contributed by atoms with Crippen LogP contribution in [0.3, 0.4) is 0 Å². The van der Waals surface area contributed by atoms with E-state index in [1.54, 1.807) is 24.5 Å². The lowest BCUT2D eigenvalue weighted by Crippen LogP contribution is -2.35. The Morgan fingerprint density at radius 2 is 2.15 bits per heavy atom. The van der Waals surface area contributed by atoms with Crippen molar-refractivity contribution in [2.75, 3.05) is 11.9 Å². The Bertz CT molecular complexity index is 777. The van der Waals surface area contributed by atoms with Crippen molar-refractivity contribution in [2.45, 2.75) is 44.7 Å². The topological polar surface area (TPSA) is 69.3 Å². The molecule has 0 bridgehead atoms. The number of amides is 1. The lowest BCUT2D eigenvalue weighted by Gasteiger charge is -2.27. The standard InChI is InChI=1S/C20H22ClN3O2/c21-19-12-16(8-7-15(19)13-22)23-20(25)9-10-24(17-4-1-2-5-17)14-18-6-3-11-26-18/h3,6-8,11-12,17H,1-2,4-5,9-10,14H2,(H,23,25). The molecule has 5 nitrogen and oxygen atoms in total. The summed E-state index contributed by atoms with van der Waals surface area (Å²) in [6.07, 6.45) is 6.92. The minimum absolute atomic E-state index is 0.0618. The van der Waals surface area contributed by atoms with Crippen LogP contribution in [0.25, 0.3) is 0 Å². The summed E-state index contributed by atoms with van der Waals surface area (Å²) in [6.45, 7) is 1.41. The molecule has 6 heteroatoms. The van der Waals surface area contributed by atoms with Gasteiger partial charge in [-0.15, -0.1) is 0 Å². The molecule has 1 aromatic heterocycles. The van der Waals surface area contributed by atoms with E-state index in [0.29, 0.717) is 35.3 Å². The van der Waals surface area contributed by atoms with Gasteiger partial charge in [-0.3, -0.25) is 9.69 Å². The molecule has 0 unspecified atom stereocenters. The van der Waals surface area contributed by atoms with Gasteiger partial charge < -0.3 is 9.73 Å². The normalized spacial score (nSPS) is 14.5. The molecule has 136 valence electrons. The summed E-state index contributed by atoms with van der Waals surface area (Å²) in [4.78, 5) is 14.7. The summed E-state index contributed by atoms with van der Waals surface area (Å²) < 4.78 is 5.48. The van der Waals surface area contributed by atoms with Crippen LogP contribution in [0.15, 0.2) is 41.0 Å². The maximum atomic E-state index is 12.3. The van der Waals surface area contributed by atoms with Gasteiger partial charge in [0.1, 0.15) is 11.8 Å². The van der Waals surface area contributed by atoms with E-state index in [0.717, 1.165) is 12.3 Å². The molecular weight excluding hydrogens is 350 g/mol. The highest BCUT2D eigenvalue weighted by molar-refractivity contribution is 6.32. The second-order valence-electron chi connectivity index (χ2n) is 6.59. The summed E-state index contributed by atoms with van der Waals surface area (Å²) in [5, 5.41) is 12.1. The van der Waals surface area contributed by atoms with Crippen molar-refractivity contribution in [3.05, 3.63) is 52.9 Å². The molecule has 2 aromatic rings. The van der Waals surface area contributed by atoms with Crippen LogP contribution in [0.1, 0.15) is 43.4 Å². The SMILES string of the molecule is N#Cc1ccc(NC(=O)CCN(Cc2ccco2)C2CCCC2)cc1Cl. The van der Waals surface area contributed by atoms with Crippen LogP contribution in [-0.2, 0) is 11.3 Å². The average molecular weight is 372 g/mol. The number of nitrogens with zero attached hydrogens (tertiary/aromatic N) is 2. The number of nitriles is 1. The minimum atomic E-state index is -0.0618. The van der Waals surface area contributed by atoms with Gasteiger partial charge in [0, 0.05) is 24.7 Å². The van der Waals surface area contributed by atoms with Crippen LogP contribution in [-0.4, -0.2) is 23.4 Å². The fourth-order valence-corrected chi connectivity index (χ4v) is 3.64. The van der Waals surface area contributed by atoms with Crippen LogP contribution >= 0.6 is 11.6 Å². The molecule has 26 heavy (non-hydrogen) atoms. The zero-order valence-electron chi connectivity index (χ0n) is 14.6. The molecule has 1 saturated carbocycles. The fraction of sp³-hybridized carbons (Fsp3) is 0.400. The summed E-state index contributed by atoms with van der Waals surface area (Å²) >= 11 is 6.01. The Kier molecular flexibility index (Phi) is 6.32. The second-order valence-corrected chi connectivity index (χ2v) is 7.00. The molecule has 1 aromatic carbocycles. The van der Waals surface area contributed by atoms with E-state index in [1.165, 1.54) is 25.7 Å². The number of anilines is 1. The molecule has 1 aliphatic rings. The monoisotopic (exact) mass is 371 g/mol. The first-order chi connectivity index (χ1) is 12.7. The number of hydrogen-bond acceptors (Lipinski definition) is 4. The molecule has 1 fully saturated rings. The highest BCUT2D eigenvalue weighted by Gasteiger charge is 2.23. The molecule has 0 saturated heterocycles. The van der Waals surface area contributed by atoms with Gasteiger partial charge >= 0.3 is 0 Å². The number of nitrogens with one attached hydrogen (secondary N) is 1. The average Bonchev–Trinajstić information content (AvgIpc) is 3.32. The summed E-state index contributed by atoms with van der Waals surface area (Å²) in [7, 11) is 0. The van der Waals surface area contributed by atoms with E-state index in [1.807, 2.05) is 18.2 Å². The Hall–Kier alpha value is -2.29. The van der Waals surface area contributed by atoms with Crippen LogP contribution in [0.4, 0.5) is 5.69 Å². The number of carbonyl (C=O) groups is 1. The van der Waals surface area contributed by atoms with Gasteiger partial charge in [0.15, 0.2) is 0 Å². The number of halogens is 1. The maximum absolute atomic E-state index is 12.3. The van der Waals surface area contributed by atoms with Gasteiger partial charge in [0.2, 0.25) is 5.91 Å². The van der Waals surface area contributed by atoms with Crippen molar-refractivity contribution in [3.63, 3.8) is 0 Å². The third-order valence-corrected chi connectivity index (χ3v) is 5.09. The molecule has 0 atom stereocenters. The fourth-order valence-electron chi connectivity index (χ4n) is 3.42. The van der Waals surface area contributed by atoms with E-state index < -0.39 is 0 Å². The predicted molar refractivity (Wildman–Crippen MR) is 101 cm³/mol. The van der Waals surface area contributed by atoms with Crippen LogP contribution in [0.5, 0.6) is 0 Å². The quantitative estimate of drug-likeness (QED) is 0.773. The summed E-state index contributed by atoms with van der Waals surface area (Å²) in [5.41, 5.74) is 1.01. The first-order valence-electron chi connectivity index (χ1n) is 8.91. The van der Waals surface area contributed by atoms with E-state index in [4.69, 9.17) is 21.3 Å². The van der Waals surface area contributed by atoms with Crippen molar-refractivity contribution in [1.82, 2.24) is 4.90 Å². The third kappa shape index (κ3) is 4.87. The van der Waals surface area contributed by atoms with Gasteiger partial charge in [-0.25, -0.2) is 0 Å². The van der Waals surface area contributed by atoms with Gasteiger partial charge in [-0.05, 0) is 43.2 Å². The minimum Gasteiger partial charge on any atom is -0.468 e. The highest BCUT2D eigenvalue weighted by atomic mass is 35.5. The zero-order valence-corrected chi connectivity index (χ0v) is 15.3. The number of benzene rings is 1.